The number of rotatable bonds is 7. The Balaban J connectivity index is 1.44. The van der Waals surface area contributed by atoms with Crippen LogP contribution in [0.3, 0.4) is 0 Å². The van der Waals surface area contributed by atoms with Gasteiger partial charge < -0.3 is 10.2 Å². The second-order valence-electron chi connectivity index (χ2n) is 9.72. The number of fused-ring (bicyclic) bond motifs is 1. The summed E-state index contributed by atoms with van der Waals surface area (Å²) >= 11 is 1.47. The van der Waals surface area contributed by atoms with Crippen molar-refractivity contribution in [2.45, 2.75) is 44.2 Å². The van der Waals surface area contributed by atoms with Gasteiger partial charge in [-0.05, 0) is 68.3 Å². The first-order valence-electron chi connectivity index (χ1n) is 13.0. The number of benzene rings is 3. The predicted molar refractivity (Wildman–Crippen MR) is 152 cm³/mol. The van der Waals surface area contributed by atoms with Crippen LogP contribution >= 0.6 is 11.8 Å². The Labute approximate surface area is 223 Å². The van der Waals surface area contributed by atoms with Crippen molar-refractivity contribution in [2.24, 2.45) is 0 Å². The maximum atomic E-state index is 13.8. The minimum Gasteiger partial charge on any atom is -0.350 e. The molecule has 1 fully saturated rings. The normalized spacial score (nSPS) is 18.8. The number of nitrogens with zero attached hydrogens (tertiary/aromatic N) is 2. The number of hydrogen-bond acceptors (Lipinski definition) is 4. The number of likely N-dealkylation sites (tertiary alicyclic amines) is 1. The summed E-state index contributed by atoms with van der Waals surface area (Å²) in [6.45, 7) is 7.42. The van der Waals surface area contributed by atoms with Crippen LogP contribution in [-0.2, 0) is 11.3 Å². The highest BCUT2D eigenvalue weighted by Crippen LogP contribution is 2.43. The van der Waals surface area contributed by atoms with Crippen LogP contribution in [0, 0.1) is 6.92 Å². The molecule has 1 atom stereocenters. The monoisotopic (exact) mass is 511 g/mol. The maximum absolute atomic E-state index is 13.8. The quantitative estimate of drug-likeness (QED) is 0.402. The van der Waals surface area contributed by atoms with Crippen molar-refractivity contribution >= 4 is 35.3 Å². The van der Waals surface area contributed by atoms with Crippen molar-refractivity contribution in [3.8, 4) is 0 Å². The summed E-state index contributed by atoms with van der Waals surface area (Å²) in [4.78, 5) is 32.8. The SMILES string of the molecule is CCN1CCC[C@@H]1CNC(=O)c1ccc2c(c1)N(Cc1cccc(C)c1)C(=O)/C(=C/c1ccccc1)S2. The number of amides is 2. The molecule has 5 nitrogen and oxygen atoms in total. The molecule has 5 rings (SSSR count). The van der Waals surface area contributed by atoms with Crippen molar-refractivity contribution in [1.29, 1.82) is 0 Å². The van der Waals surface area contributed by atoms with E-state index in [1.807, 2.05) is 71.6 Å². The first-order valence-corrected chi connectivity index (χ1v) is 13.8. The molecular formula is C31H33N3O2S. The van der Waals surface area contributed by atoms with Crippen LogP contribution < -0.4 is 10.2 Å². The molecule has 2 heterocycles. The van der Waals surface area contributed by atoms with Crippen molar-refractivity contribution in [1.82, 2.24) is 10.2 Å². The molecule has 190 valence electrons. The fourth-order valence-corrected chi connectivity index (χ4v) is 6.20. The molecule has 0 bridgehead atoms. The third-order valence-corrected chi connectivity index (χ3v) is 8.19. The molecular weight excluding hydrogens is 478 g/mol. The number of aryl methyl sites for hydroxylation is 1. The number of hydrogen-bond donors (Lipinski definition) is 1. The van der Waals surface area contributed by atoms with Gasteiger partial charge in [0.2, 0.25) is 0 Å². The van der Waals surface area contributed by atoms with E-state index in [1.54, 1.807) is 0 Å². The molecule has 1 saturated heterocycles. The highest BCUT2D eigenvalue weighted by Gasteiger charge is 2.30. The van der Waals surface area contributed by atoms with E-state index in [-0.39, 0.29) is 11.8 Å². The van der Waals surface area contributed by atoms with Crippen molar-refractivity contribution in [3.63, 3.8) is 0 Å². The number of anilines is 1. The molecule has 2 aliphatic rings. The molecule has 0 saturated carbocycles. The van der Waals surface area contributed by atoms with Crippen LogP contribution in [0.15, 0.2) is 82.6 Å². The van der Waals surface area contributed by atoms with E-state index in [1.165, 1.54) is 18.2 Å². The lowest BCUT2D eigenvalue weighted by Gasteiger charge is -2.31. The largest absolute Gasteiger partial charge is 0.350 e. The molecule has 6 heteroatoms. The topological polar surface area (TPSA) is 52.7 Å². The van der Waals surface area contributed by atoms with Gasteiger partial charge in [-0.3, -0.25) is 14.5 Å². The Morgan fingerprint density at radius 1 is 1.08 bits per heavy atom. The molecule has 1 N–H and O–H groups in total. The molecule has 0 spiro atoms. The van der Waals surface area contributed by atoms with E-state index in [4.69, 9.17) is 0 Å². The molecule has 37 heavy (non-hydrogen) atoms. The van der Waals surface area contributed by atoms with E-state index in [0.717, 1.165) is 46.8 Å². The highest BCUT2D eigenvalue weighted by atomic mass is 32.2. The average molecular weight is 512 g/mol. The molecule has 0 radical (unpaired) electrons. The third kappa shape index (κ3) is 5.81. The summed E-state index contributed by atoms with van der Waals surface area (Å²) in [6, 6.07) is 24.2. The van der Waals surface area contributed by atoms with Crippen LogP contribution in [0.5, 0.6) is 0 Å². The highest BCUT2D eigenvalue weighted by molar-refractivity contribution is 8.04. The Hall–Kier alpha value is -3.35. The average Bonchev–Trinajstić information content (AvgIpc) is 3.38. The zero-order valence-electron chi connectivity index (χ0n) is 21.4. The Bertz CT molecular complexity index is 1320. The Morgan fingerprint density at radius 3 is 2.70 bits per heavy atom. The van der Waals surface area contributed by atoms with Gasteiger partial charge in [-0.1, -0.05) is 78.8 Å². The van der Waals surface area contributed by atoms with Gasteiger partial charge in [-0.2, -0.15) is 0 Å². The molecule has 0 aromatic heterocycles. The van der Waals surface area contributed by atoms with Crippen LogP contribution in [0.25, 0.3) is 6.08 Å². The minimum absolute atomic E-state index is 0.0510. The lowest BCUT2D eigenvalue weighted by atomic mass is 10.1. The summed E-state index contributed by atoms with van der Waals surface area (Å²) in [5.41, 5.74) is 4.56. The van der Waals surface area contributed by atoms with Gasteiger partial charge in [0, 0.05) is 23.0 Å². The number of nitrogens with one attached hydrogen (secondary N) is 1. The lowest BCUT2D eigenvalue weighted by molar-refractivity contribution is -0.114. The molecule has 3 aromatic rings. The maximum Gasteiger partial charge on any atom is 0.265 e. The number of carbonyl (C=O) groups excluding carboxylic acids is 2. The van der Waals surface area contributed by atoms with Crippen molar-refractivity contribution < 1.29 is 9.59 Å². The van der Waals surface area contributed by atoms with Crippen molar-refractivity contribution in [3.05, 3.63) is 100.0 Å². The fraction of sp³-hybridized carbons (Fsp3) is 0.290. The van der Waals surface area contributed by atoms with Crippen LogP contribution in [0.1, 0.15) is 46.8 Å². The molecule has 2 aliphatic heterocycles. The summed E-state index contributed by atoms with van der Waals surface area (Å²) < 4.78 is 0. The number of thioether (sulfide) groups is 1. The van der Waals surface area contributed by atoms with Gasteiger partial charge >= 0.3 is 0 Å². The van der Waals surface area contributed by atoms with Crippen LogP contribution in [0.4, 0.5) is 5.69 Å². The summed E-state index contributed by atoms with van der Waals surface area (Å²) in [7, 11) is 0. The fourth-order valence-electron chi connectivity index (χ4n) is 5.16. The van der Waals surface area contributed by atoms with Gasteiger partial charge in [0.05, 0.1) is 17.1 Å². The molecule has 2 amide bonds. The zero-order chi connectivity index (χ0) is 25.8. The van der Waals surface area contributed by atoms with E-state index in [2.05, 4.69) is 36.2 Å². The smallest absolute Gasteiger partial charge is 0.265 e. The predicted octanol–water partition coefficient (Wildman–Crippen LogP) is 5.89. The summed E-state index contributed by atoms with van der Waals surface area (Å²) in [5, 5.41) is 3.13. The lowest BCUT2D eigenvalue weighted by Crippen LogP contribution is -2.40. The van der Waals surface area contributed by atoms with Gasteiger partial charge in [0.1, 0.15) is 0 Å². The van der Waals surface area contributed by atoms with Crippen LogP contribution in [-0.4, -0.2) is 42.4 Å². The van der Waals surface area contributed by atoms with E-state index >= 15 is 0 Å². The minimum atomic E-state index is -0.0932. The standard InChI is InChI=1S/C31H33N3O2S/c1-3-33-16-8-13-26(33)20-32-30(35)25-14-15-28-27(19-25)34(21-24-12-7-9-22(2)17-24)31(36)29(37-28)18-23-10-5-4-6-11-23/h4-7,9-12,14-15,17-19,26H,3,8,13,16,20-21H2,1-2H3,(H,32,35)/b29-18-/t26-/m1/s1. The molecule has 0 unspecified atom stereocenters. The van der Waals surface area contributed by atoms with Gasteiger partial charge in [-0.15, -0.1) is 0 Å². The van der Waals surface area contributed by atoms with Gasteiger partial charge in [0.25, 0.3) is 11.8 Å². The molecule has 3 aromatic carbocycles. The van der Waals surface area contributed by atoms with Crippen LogP contribution in [0.2, 0.25) is 0 Å². The van der Waals surface area contributed by atoms with Gasteiger partial charge in [0.15, 0.2) is 0 Å². The van der Waals surface area contributed by atoms with Gasteiger partial charge in [-0.25, -0.2) is 0 Å². The Kier molecular flexibility index (Phi) is 7.77. The van der Waals surface area contributed by atoms with E-state index < -0.39 is 0 Å². The number of carbonyl (C=O) groups is 2. The summed E-state index contributed by atoms with van der Waals surface area (Å²) in [5.74, 6) is -0.144. The van der Waals surface area contributed by atoms with Crippen molar-refractivity contribution in [2.75, 3.05) is 24.5 Å². The van der Waals surface area contributed by atoms with E-state index in [9.17, 15) is 9.59 Å². The zero-order valence-corrected chi connectivity index (χ0v) is 22.3. The first kappa shape index (κ1) is 25.3. The second kappa shape index (κ2) is 11.4. The Morgan fingerprint density at radius 2 is 1.92 bits per heavy atom. The first-order chi connectivity index (χ1) is 18.0. The number of likely N-dealkylation sites (N-methyl/N-ethyl adjacent to an activating group) is 1. The van der Waals surface area contributed by atoms with E-state index in [0.29, 0.717) is 29.6 Å². The molecule has 0 aliphatic carbocycles. The third-order valence-electron chi connectivity index (χ3n) is 7.11. The summed E-state index contributed by atoms with van der Waals surface area (Å²) in [6.07, 6.45) is 4.24. The second-order valence-corrected chi connectivity index (χ2v) is 10.8.